The van der Waals surface area contributed by atoms with E-state index in [0.717, 1.165) is 4.57 Å². The molecule has 0 bridgehead atoms. The van der Waals surface area contributed by atoms with Crippen LogP contribution in [0.5, 0.6) is 0 Å². The summed E-state index contributed by atoms with van der Waals surface area (Å²) in [6.45, 7) is 5.01. The highest BCUT2D eigenvalue weighted by molar-refractivity contribution is 5.02. The maximum absolute atomic E-state index is 11.7. The number of aromatic nitrogens is 2. The first kappa shape index (κ1) is 14.7. The normalized spacial score (nSPS) is 11.8. The number of rotatable bonds is 5. The number of methoxy groups -OCH3 is 1. The van der Waals surface area contributed by atoms with Crippen LogP contribution in [0.15, 0.2) is 15.7 Å². The van der Waals surface area contributed by atoms with Gasteiger partial charge in [-0.3, -0.25) is 13.9 Å². The Morgan fingerprint density at radius 2 is 1.89 bits per heavy atom. The summed E-state index contributed by atoms with van der Waals surface area (Å²) >= 11 is 0. The molecule has 0 spiro atoms. The van der Waals surface area contributed by atoms with Crippen molar-refractivity contribution in [1.29, 1.82) is 0 Å². The summed E-state index contributed by atoms with van der Waals surface area (Å²) in [6, 6.07) is 1.47. The Kier molecular flexibility index (Phi) is 4.48. The first-order chi connectivity index (χ1) is 8.28. The zero-order valence-electron chi connectivity index (χ0n) is 11.6. The van der Waals surface area contributed by atoms with Crippen molar-refractivity contribution in [2.75, 3.05) is 13.7 Å². The highest BCUT2D eigenvalue weighted by atomic mass is 16.5. The number of ether oxygens (including phenoxy) is 1. The predicted octanol–water partition coefficient (Wildman–Crippen LogP) is -0.401. The van der Waals surface area contributed by atoms with E-state index in [1.165, 1.54) is 17.7 Å². The lowest BCUT2D eigenvalue weighted by molar-refractivity contribution is 0.0229. The first-order valence-electron chi connectivity index (χ1n) is 5.80. The molecule has 1 aromatic heterocycles. The Bertz CT molecular complexity index is 528. The maximum atomic E-state index is 11.7. The molecular formula is C12H21N3O3. The Morgan fingerprint density at radius 1 is 1.28 bits per heavy atom. The minimum absolute atomic E-state index is 0.279. The van der Waals surface area contributed by atoms with Crippen molar-refractivity contribution >= 4 is 0 Å². The van der Waals surface area contributed by atoms with E-state index in [1.54, 1.807) is 14.2 Å². The second-order valence-corrected chi connectivity index (χ2v) is 4.94. The van der Waals surface area contributed by atoms with Gasteiger partial charge in [0.05, 0.1) is 5.60 Å². The van der Waals surface area contributed by atoms with Crippen LogP contribution in [0.1, 0.15) is 19.5 Å². The van der Waals surface area contributed by atoms with Crippen molar-refractivity contribution < 1.29 is 4.74 Å². The molecule has 0 radical (unpaired) electrons. The van der Waals surface area contributed by atoms with Crippen molar-refractivity contribution in [3.63, 3.8) is 0 Å². The van der Waals surface area contributed by atoms with Crippen LogP contribution in [0.25, 0.3) is 0 Å². The van der Waals surface area contributed by atoms with E-state index in [0.29, 0.717) is 18.8 Å². The summed E-state index contributed by atoms with van der Waals surface area (Å²) in [4.78, 5) is 23.2. The molecule has 0 aromatic carbocycles. The van der Waals surface area contributed by atoms with Gasteiger partial charge in [-0.25, -0.2) is 4.79 Å². The van der Waals surface area contributed by atoms with Gasteiger partial charge in [-0.2, -0.15) is 0 Å². The molecule has 0 saturated carbocycles. The van der Waals surface area contributed by atoms with Crippen LogP contribution < -0.4 is 16.6 Å². The third-order valence-electron chi connectivity index (χ3n) is 3.03. The van der Waals surface area contributed by atoms with E-state index in [-0.39, 0.29) is 16.9 Å². The molecule has 1 rings (SSSR count). The van der Waals surface area contributed by atoms with Crippen molar-refractivity contribution in [1.82, 2.24) is 14.5 Å². The van der Waals surface area contributed by atoms with Gasteiger partial charge < -0.3 is 10.1 Å². The summed E-state index contributed by atoms with van der Waals surface area (Å²) in [7, 11) is 4.77. The van der Waals surface area contributed by atoms with Crippen LogP contribution in [-0.2, 0) is 25.4 Å². The Balaban J connectivity index is 2.82. The Labute approximate surface area is 106 Å². The van der Waals surface area contributed by atoms with Crippen LogP contribution >= 0.6 is 0 Å². The van der Waals surface area contributed by atoms with Gasteiger partial charge in [0, 0.05) is 46.1 Å². The summed E-state index contributed by atoms with van der Waals surface area (Å²) in [5.41, 5.74) is -0.222. The molecule has 102 valence electrons. The molecule has 18 heavy (non-hydrogen) atoms. The topological polar surface area (TPSA) is 65.3 Å². The largest absolute Gasteiger partial charge is 0.377 e. The maximum Gasteiger partial charge on any atom is 0.330 e. The van der Waals surface area contributed by atoms with Gasteiger partial charge in [0.2, 0.25) is 0 Å². The average molecular weight is 255 g/mol. The van der Waals surface area contributed by atoms with Crippen molar-refractivity contribution in [3.05, 3.63) is 32.6 Å². The van der Waals surface area contributed by atoms with Crippen LogP contribution in [-0.4, -0.2) is 28.4 Å². The second kappa shape index (κ2) is 5.49. The molecule has 0 aliphatic carbocycles. The monoisotopic (exact) mass is 255 g/mol. The molecule has 0 amide bonds. The lowest BCUT2D eigenvalue weighted by Crippen LogP contribution is -2.41. The molecule has 0 aliphatic heterocycles. The number of nitrogens with zero attached hydrogens (tertiary/aromatic N) is 2. The first-order valence-corrected chi connectivity index (χ1v) is 5.80. The third-order valence-corrected chi connectivity index (χ3v) is 3.03. The van der Waals surface area contributed by atoms with E-state index in [1.807, 2.05) is 13.8 Å². The molecule has 1 heterocycles. The lowest BCUT2D eigenvalue weighted by atomic mass is 10.1. The van der Waals surface area contributed by atoms with Crippen LogP contribution in [0.4, 0.5) is 0 Å². The van der Waals surface area contributed by atoms with E-state index in [2.05, 4.69) is 5.32 Å². The van der Waals surface area contributed by atoms with Gasteiger partial charge in [0.25, 0.3) is 5.56 Å². The molecule has 0 saturated heterocycles. The molecule has 6 nitrogen and oxygen atoms in total. The number of hydrogen-bond donors (Lipinski definition) is 1. The average Bonchev–Trinajstić information content (AvgIpc) is 2.33. The smallest absolute Gasteiger partial charge is 0.330 e. The van der Waals surface area contributed by atoms with E-state index >= 15 is 0 Å². The van der Waals surface area contributed by atoms with E-state index < -0.39 is 0 Å². The van der Waals surface area contributed by atoms with Gasteiger partial charge >= 0.3 is 5.69 Å². The van der Waals surface area contributed by atoms with Gasteiger partial charge in [0.15, 0.2) is 0 Å². The molecular weight excluding hydrogens is 234 g/mol. The van der Waals surface area contributed by atoms with Crippen molar-refractivity contribution in [2.45, 2.75) is 26.0 Å². The number of hydrogen-bond acceptors (Lipinski definition) is 4. The molecule has 6 heteroatoms. The summed E-state index contributed by atoms with van der Waals surface area (Å²) < 4.78 is 7.83. The molecule has 0 atom stereocenters. The summed E-state index contributed by atoms with van der Waals surface area (Å²) in [6.07, 6.45) is 0. The van der Waals surface area contributed by atoms with E-state index in [4.69, 9.17) is 4.74 Å². The lowest BCUT2D eigenvalue weighted by Gasteiger charge is -2.23. The quantitative estimate of drug-likeness (QED) is 0.777. The molecule has 0 fully saturated rings. The second-order valence-electron chi connectivity index (χ2n) is 4.94. The molecule has 0 aliphatic rings. The molecule has 1 aromatic rings. The fourth-order valence-corrected chi connectivity index (χ4v) is 1.51. The zero-order chi connectivity index (χ0) is 13.9. The fraction of sp³-hybridized carbons (Fsp3) is 0.667. The van der Waals surface area contributed by atoms with E-state index in [9.17, 15) is 9.59 Å². The van der Waals surface area contributed by atoms with Crippen LogP contribution in [0.2, 0.25) is 0 Å². The Hall–Kier alpha value is -1.40. The van der Waals surface area contributed by atoms with Gasteiger partial charge in [-0.1, -0.05) is 0 Å². The predicted molar refractivity (Wildman–Crippen MR) is 69.7 cm³/mol. The Morgan fingerprint density at radius 3 is 2.44 bits per heavy atom. The third kappa shape index (κ3) is 3.30. The molecule has 0 unspecified atom stereocenters. The van der Waals surface area contributed by atoms with Crippen molar-refractivity contribution in [3.8, 4) is 0 Å². The highest BCUT2D eigenvalue weighted by Gasteiger charge is 2.15. The highest BCUT2D eigenvalue weighted by Crippen LogP contribution is 2.05. The standard InChI is InChI=1S/C12H21N3O3/c1-12(2,18-5)8-13-7-9-6-10(16)15(4)11(17)14(9)3/h6,13H,7-8H2,1-5H3. The minimum Gasteiger partial charge on any atom is -0.377 e. The van der Waals surface area contributed by atoms with Crippen LogP contribution in [0, 0.1) is 0 Å². The molecule has 1 N–H and O–H groups in total. The summed E-state index contributed by atoms with van der Waals surface area (Å²) in [5, 5.41) is 3.17. The van der Waals surface area contributed by atoms with Gasteiger partial charge in [0.1, 0.15) is 0 Å². The number of nitrogens with one attached hydrogen (secondary N) is 1. The SMILES string of the molecule is COC(C)(C)CNCc1cc(=O)n(C)c(=O)n1C. The van der Waals surface area contributed by atoms with Gasteiger partial charge in [-0.05, 0) is 13.8 Å². The summed E-state index contributed by atoms with van der Waals surface area (Å²) in [5.74, 6) is 0. The van der Waals surface area contributed by atoms with Crippen LogP contribution in [0.3, 0.4) is 0 Å². The zero-order valence-corrected chi connectivity index (χ0v) is 11.6. The minimum atomic E-state index is -0.315. The van der Waals surface area contributed by atoms with Gasteiger partial charge in [-0.15, -0.1) is 0 Å². The fourth-order valence-electron chi connectivity index (χ4n) is 1.51. The van der Waals surface area contributed by atoms with Crippen molar-refractivity contribution in [2.24, 2.45) is 14.1 Å².